The lowest BCUT2D eigenvalue weighted by Gasteiger charge is -2.24. The molecule has 1 aromatic heterocycles. The van der Waals surface area contributed by atoms with E-state index in [1.165, 1.54) is 0 Å². The molecule has 1 N–H and O–H groups in total. The summed E-state index contributed by atoms with van der Waals surface area (Å²) in [6, 6.07) is 1.77. The smallest absolute Gasteiger partial charge is 0.352 e. The van der Waals surface area contributed by atoms with Crippen molar-refractivity contribution in [2.45, 2.75) is 18.9 Å². The van der Waals surface area contributed by atoms with Crippen molar-refractivity contribution < 1.29 is 14.6 Å². The van der Waals surface area contributed by atoms with Gasteiger partial charge in [0.25, 0.3) is 0 Å². The van der Waals surface area contributed by atoms with Crippen molar-refractivity contribution in [2.75, 3.05) is 13.2 Å². The molecule has 2 rings (SSSR count). The van der Waals surface area contributed by atoms with E-state index in [1.54, 1.807) is 10.6 Å². The molecule has 1 aliphatic rings. The first kappa shape index (κ1) is 10.7. The van der Waals surface area contributed by atoms with Crippen molar-refractivity contribution in [1.29, 1.82) is 0 Å². The van der Waals surface area contributed by atoms with E-state index in [9.17, 15) is 4.79 Å². The van der Waals surface area contributed by atoms with E-state index in [-0.39, 0.29) is 6.04 Å². The predicted molar refractivity (Wildman–Crippen MR) is 58.2 cm³/mol. The van der Waals surface area contributed by atoms with Gasteiger partial charge in [0.05, 0.1) is 12.6 Å². The fourth-order valence-electron chi connectivity index (χ4n) is 1.86. The minimum Gasteiger partial charge on any atom is -0.477 e. The fraction of sp³-hybridized carbons (Fsp3) is 0.500. The maximum atomic E-state index is 11.0. The SMILES string of the molecule is O=C(O)c1cc(Br)cn1C1CCCOC1. The van der Waals surface area contributed by atoms with Crippen LogP contribution >= 0.6 is 15.9 Å². The highest BCUT2D eigenvalue weighted by molar-refractivity contribution is 9.10. The van der Waals surface area contributed by atoms with Crippen LogP contribution in [-0.4, -0.2) is 28.9 Å². The summed E-state index contributed by atoms with van der Waals surface area (Å²) < 4.78 is 7.93. The van der Waals surface area contributed by atoms with E-state index in [4.69, 9.17) is 9.84 Å². The lowest BCUT2D eigenvalue weighted by atomic mass is 10.1. The van der Waals surface area contributed by atoms with Crippen molar-refractivity contribution in [3.63, 3.8) is 0 Å². The second-order valence-electron chi connectivity index (χ2n) is 3.63. The monoisotopic (exact) mass is 273 g/mol. The Bertz CT molecular complexity index is 369. The number of carboxylic acid groups (broad SMARTS) is 1. The van der Waals surface area contributed by atoms with Crippen LogP contribution in [0.25, 0.3) is 0 Å². The van der Waals surface area contributed by atoms with E-state index < -0.39 is 5.97 Å². The molecule has 0 spiro atoms. The Labute approximate surface area is 96.0 Å². The molecule has 1 aromatic rings. The number of carboxylic acids is 1. The molecule has 1 unspecified atom stereocenters. The normalized spacial score (nSPS) is 21.5. The van der Waals surface area contributed by atoms with Gasteiger partial charge in [-0.1, -0.05) is 0 Å². The molecule has 0 radical (unpaired) electrons. The van der Waals surface area contributed by atoms with Crippen molar-refractivity contribution in [1.82, 2.24) is 4.57 Å². The summed E-state index contributed by atoms with van der Waals surface area (Å²) in [5.74, 6) is -0.897. The molecule has 0 aliphatic carbocycles. The molecular formula is C10H12BrNO3. The molecule has 4 nitrogen and oxygen atoms in total. The maximum absolute atomic E-state index is 11.0. The number of nitrogens with zero attached hydrogens (tertiary/aromatic N) is 1. The van der Waals surface area contributed by atoms with Crippen LogP contribution in [0.3, 0.4) is 0 Å². The second kappa shape index (κ2) is 4.37. The van der Waals surface area contributed by atoms with Crippen molar-refractivity contribution >= 4 is 21.9 Å². The number of ether oxygens (including phenoxy) is 1. The minimum absolute atomic E-state index is 0.149. The summed E-state index contributed by atoms with van der Waals surface area (Å²) in [4.78, 5) is 11.0. The highest BCUT2D eigenvalue weighted by Crippen LogP contribution is 2.25. The van der Waals surface area contributed by atoms with E-state index >= 15 is 0 Å². The predicted octanol–water partition coefficient (Wildman–Crippen LogP) is 2.30. The first-order chi connectivity index (χ1) is 7.18. The van der Waals surface area contributed by atoms with Gasteiger partial charge in [-0.05, 0) is 34.8 Å². The number of rotatable bonds is 2. The van der Waals surface area contributed by atoms with Crippen LogP contribution in [0.15, 0.2) is 16.7 Å². The van der Waals surface area contributed by atoms with Gasteiger partial charge in [-0.15, -0.1) is 0 Å². The van der Waals surface area contributed by atoms with Crippen LogP contribution in [0.1, 0.15) is 29.4 Å². The third-order valence-corrected chi connectivity index (χ3v) is 3.00. The average Bonchev–Trinajstić information content (AvgIpc) is 2.62. The second-order valence-corrected chi connectivity index (χ2v) is 4.54. The molecule has 1 fully saturated rings. The summed E-state index contributed by atoms with van der Waals surface area (Å²) >= 11 is 3.29. The van der Waals surface area contributed by atoms with E-state index in [2.05, 4.69) is 15.9 Å². The van der Waals surface area contributed by atoms with Crippen molar-refractivity contribution in [3.05, 3.63) is 22.4 Å². The first-order valence-corrected chi connectivity index (χ1v) is 5.66. The van der Waals surface area contributed by atoms with Gasteiger partial charge < -0.3 is 14.4 Å². The molecule has 2 heterocycles. The number of carbonyl (C=O) groups is 1. The van der Waals surface area contributed by atoms with Gasteiger partial charge in [-0.25, -0.2) is 4.79 Å². The summed E-state index contributed by atoms with van der Waals surface area (Å²) in [5.41, 5.74) is 0.317. The standard InChI is InChI=1S/C10H12BrNO3/c11-7-4-9(10(13)14)12(5-7)8-2-1-3-15-6-8/h4-5,8H,1-3,6H2,(H,13,14). The molecule has 15 heavy (non-hydrogen) atoms. The topological polar surface area (TPSA) is 51.5 Å². The van der Waals surface area contributed by atoms with Crippen LogP contribution in [0.4, 0.5) is 0 Å². The number of aromatic carboxylic acids is 1. The van der Waals surface area contributed by atoms with Gasteiger partial charge in [0, 0.05) is 17.3 Å². The van der Waals surface area contributed by atoms with E-state index in [1.807, 2.05) is 6.20 Å². The van der Waals surface area contributed by atoms with Crippen molar-refractivity contribution in [3.8, 4) is 0 Å². The molecule has 0 amide bonds. The minimum atomic E-state index is -0.897. The van der Waals surface area contributed by atoms with Crippen LogP contribution in [-0.2, 0) is 4.74 Å². The van der Waals surface area contributed by atoms with Crippen LogP contribution in [0, 0.1) is 0 Å². The summed E-state index contributed by atoms with van der Waals surface area (Å²) in [7, 11) is 0. The molecule has 1 atom stereocenters. The Morgan fingerprint density at radius 1 is 1.67 bits per heavy atom. The quantitative estimate of drug-likeness (QED) is 0.900. The van der Waals surface area contributed by atoms with Gasteiger partial charge in [0.15, 0.2) is 0 Å². The Kier molecular flexibility index (Phi) is 3.11. The van der Waals surface area contributed by atoms with Crippen LogP contribution < -0.4 is 0 Å². The highest BCUT2D eigenvalue weighted by Gasteiger charge is 2.21. The molecule has 1 aliphatic heterocycles. The van der Waals surface area contributed by atoms with Gasteiger partial charge in [-0.2, -0.15) is 0 Å². The third kappa shape index (κ3) is 2.23. The highest BCUT2D eigenvalue weighted by atomic mass is 79.9. The molecule has 0 saturated carbocycles. The zero-order chi connectivity index (χ0) is 10.8. The summed E-state index contributed by atoms with van der Waals surface area (Å²) in [6.45, 7) is 1.38. The largest absolute Gasteiger partial charge is 0.477 e. The molecule has 0 bridgehead atoms. The maximum Gasteiger partial charge on any atom is 0.352 e. The third-order valence-electron chi connectivity index (χ3n) is 2.56. The number of hydrogen-bond acceptors (Lipinski definition) is 2. The molecule has 82 valence electrons. The van der Waals surface area contributed by atoms with Gasteiger partial charge in [-0.3, -0.25) is 0 Å². The first-order valence-electron chi connectivity index (χ1n) is 4.87. The van der Waals surface area contributed by atoms with Crippen molar-refractivity contribution in [2.24, 2.45) is 0 Å². The molecular weight excluding hydrogens is 262 g/mol. The molecule has 5 heteroatoms. The average molecular weight is 274 g/mol. The number of aromatic nitrogens is 1. The van der Waals surface area contributed by atoms with Gasteiger partial charge in [0.1, 0.15) is 5.69 Å². The fourth-order valence-corrected chi connectivity index (χ4v) is 2.30. The zero-order valence-corrected chi connectivity index (χ0v) is 9.74. The zero-order valence-electron chi connectivity index (χ0n) is 8.15. The van der Waals surface area contributed by atoms with E-state index in [0.29, 0.717) is 12.3 Å². The number of hydrogen-bond donors (Lipinski definition) is 1. The van der Waals surface area contributed by atoms with Gasteiger partial charge in [0.2, 0.25) is 0 Å². The van der Waals surface area contributed by atoms with Crippen LogP contribution in [0.5, 0.6) is 0 Å². The Morgan fingerprint density at radius 3 is 3.07 bits per heavy atom. The Hall–Kier alpha value is -0.810. The molecule has 1 saturated heterocycles. The lowest BCUT2D eigenvalue weighted by Crippen LogP contribution is -2.23. The molecule has 0 aromatic carbocycles. The lowest BCUT2D eigenvalue weighted by molar-refractivity contribution is 0.0540. The van der Waals surface area contributed by atoms with Gasteiger partial charge >= 0.3 is 5.97 Å². The Balaban J connectivity index is 2.28. The van der Waals surface area contributed by atoms with E-state index in [0.717, 1.165) is 23.9 Å². The summed E-state index contributed by atoms with van der Waals surface area (Å²) in [5, 5.41) is 9.03. The number of halogens is 1. The Morgan fingerprint density at radius 2 is 2.47 bits per heavy atom. The van der Waals surface area contributed by atoms with Crippen LogP contribution in [0.2, 0.25) is 0 Å². The summed E-state index contributed by atoms with van der Waals surface area (Å²) in [6.07, 6.45) is 3.77.